The maximum atomic E-state index is 12.5. The summed E-state index contributed by atoms with van der Waals surface area (Å²) in [4.78, 5) is 25.0. The van der Waals surface area contributed by atoms with Crippen molar-refractivity contribution in [3.05, 3.63) is 35.4 Å². The van der Waals surface area contributed by atoms with E-state index in [0.717, 1.165) is 24.3 Å². The third-order valence-electron chi connectivity index (χ3n) is 3.47. The van der Waals surface area contributed by atoms with Crippen molar-refractivity contribution in [2.75, 3.05) is 20.2 Å². The van der Waals surface area contributed by atoms with Gasteiger partial charge in [-0.25, -0.2) is 0 Å². The first-order valence-electron chi connectivity index (χ1n) is 6.37. The summed E-state index contributed by atoms with van der Waals surface area (Å²) in [7, 11) is 1.28. The molecule has 114 valence electrons. The lowest BCUT2D eigenvalue weighted by Gasteiger charge is -2.16. The number of halogens is 3. The van der Waals surface area contributed by atoms with Crippen LogP contribution in [0.3, 0.4) is 0 Å². The molecule has 0 N–H and O–H groups in total. The van der Waals surface area contributed by atoms with Crippen molar-refractivity contribution in [2.45, 2.75) is 12.6 Å². The standard InChI is InChI=1S/C14H14F3NO3/c1-21-13(20)10-6-7-18(8-10)12(19)9-2-4-11(5-3-9)14(15,16)17/h2-5,10H,6-8H2,1H3. The molecule has 1 aromatic rings. The van der Waals surface area contributed by atoms with Crippen LogP contribution in [0.15, 0.2) is 24.3 Å². The molecule has 7 heteroatoms. The molecule has 2 rings (SSSR count). The van der Waals surface area contributed by atoms with Gasteiger partial charge in [0, 0.05) is 18.7 Å². The molecule has 1 fully saturated rings. The summed E-state index contributed by atoms with van der Waals surface area (Å²) in [6.07, 6.45) is -3.93. The zero-order valence-electron chi connectivity index (χ0n) is 11.3. The van der Waals surface area contributed by atoms with Gasteiger partial charge in [0.25, 0.3) is 5.91 Å². The van der Waals surface area contributed by atoms with E-state index in [4.69, 9.17) is 0 Å². The Morgan fingerprint density at radius 3 is 2.38 bits per heavy atom. The topological polar surface area (TPSA) is 46.6 Å². The molecule has 1 saturated heterocycles. The number of nitrogens with zero attached hydrogens (tertiary/aromatic N) is 1. The van der Waals surface area contributed by atoms with E-state index < -0.39 is 11.7 Å². The van der Waals surface area contributed by atoms with Gasteiger partial charge in [-0.2, -0.15) is 13.2 Å². The van der Waals surface area contributed by atoms with E-state index in [9.17, 15) is 22.8 Å². The molecule has 1 aromatic carbocycles. The van der Waals surface area contributed by atoms with Crippen LogP contribution in [-0.4, -0.2) is 37.0 Å². The van der Waals surface area contributed by atoms with Crippen LogP contribution >= 0.6 is 0 Å². The lowest BCUT2D eigenvalue weighted by atomic mass is 10.1. The van der Waals surface area contributed by atoms with Crippen molar-refractivity contribution in [1.29, 1.82) is 0 Å². The van der Waals surface area contributed by atoms with Gasteiger partial charge in [0.15, 0.2) is 0 Å². The van der Waals surface area contributed by atoms with Crippen LogP contribution in [0.5, 0.6) is 0 Å². The number of methoxy groups -OCH3 is 1. The molecule has 0 spiro atoms. The summed E-state index contributed by atoms with van der Waals surface area (Å²) >= 11 is 0. The van der Waals surface area contributed by atoms with Gasteiger partial charge in [-0.05, 0) is 30.7 Å². The molecule has 0 aliphatic carbocycles. The SMILES string of the molecule is COC(=O)C1CCN(C(=O)c2ccc(C(F)(F)F)cc2)C1. The van der Waals surface area contributed by atoms with Crippen molar-refractivity contribution in [1.82, 2.24) is 4.90 Å². The van der Waals surface area contributed by atoms with Crippen molar-refractivity contribution >= 4 is 11.9 Å². The van der Waals surface area contributed by atoms with Gasteiger partial charge >= 0.3 is 12.1 Å². The number of ether oxygens (including phenoxy) is 1. The van der Waals surface area contributed by atoms with Gasteiger partial charge in [-0.1, -0.05) is 0 Å². The Balaban J connectivity index is 2.06. The normalized spacial score (nSPS) is 18.7. The van der Waals surface area contributed by atoms with Crippen LogP contribution in [0.2, 0.25) is 0 Å². The first-order chi connectivity index (χ1) is 9.82. The molecule has 1 aliphatic rings. The second-order valence-corrected chi connectivity index (χ2v) is 4.84. The van der Waals surface area contributed by atoms with Crippen LogP contribution in [0, 0.1) is 5.92 Å². The zero-order valence-corrected chi connectivity index (χ0v) is 11.3. The van der Waals surface area contributed by atoms with Gasteiger partial charge < -0.3 is 9.64 Å². The predicted octanol–water partition coefficient (Wildman–Crippen LogP) is 2.34. The Morgan fingerprint density at radius 1 is 1.24 bits per heavy atom. The zero-order chi connectivity index (χ0) is 15.6. The maximum absolute atomic E-state index is 12.5. The molecule has 1 aliphatic heterocycles. The van der Waals surface area contributed by atoms with E-state index in [1.165, 1.54) is 12.0 Å². The third-order valence-corrected chi connectivity index (χ3v) is 3.47. The summed E-state index contributed by atoms with van der Waals surface area (Å²) in [5.41, 5.74) is -0.624. The molecule has 1 unspecified atom stereocenters. The summed E-state index contributed by atoms with van der Waals surface area (Å²) in [6, 6.07) is 4.05. The van der Waals surface area contributed by atoms with Gasteiger partial charge in [-0.15, -0.1) is 0 Å². The molecule has 1 amide bonds. The number of hydrogen-bond donors (Lipinski definition) is 0. The largest absolute Gasteiger partial charge is 0.469 e. The number of alkyl halides is 3. The molecule has 0 radical (unpaired) electrons. The minimum atomic E-state index is -4.43. The fraction of sp³-hybridized carbons (Fsp3) is 0.429. The van der Waals surface area contributed by atoms with E-state index in [-0.39, 0.29) is 29.9 Å². The second-order valence-electron chi connectivity index (χ2n) is 4.84. The highest BCUT2D eigenvalue weighted by atomic mass is 19.4. The Bertz CT molecular complexity index is 539. The number of hydrogen-bond acceptors (Lipinski definition) is 3. The van der Waals surface area contributed by atoms with Gasteiger partial charge in [0.05, 0.1) is 18.6 Å². The molecule has 4 nitrogen and oxygen atoms in total. The van der Waals surface area contributed by atoms with E-state index >= 15 is 0 Å². The number of rotatable bonds is 2. The van der Waals surface area contributed by atoms with E-state index in [0.29, 0.717) is 13.0 Å². The Kier molecular flexibility index (Phi) is 4.20. The fourth-order valence-corrected chi connectivity index (χ4v) is 2.29. The summed E-state index contributed by atoms with van der Waals surface area (Å²) in [5.74, 6) is -1.12. The first kappa shape index (κ1) is 15.3. The molecular formula is C14H14F3NO3. The van der Waals surface area contributed by atoms with E-state index in [1.54, 1.807) is 0 Å². The number of esters is 1. The molecule has 0 aromatic heterocycles. The van der Waals surface area contributed by atoms with Crippen molar-refractivity contribution in [2.24, 2.45) is 5.92 Å². The van der Waals surface area contributed by atoms with Crippen LogP contribution in [0.4, 0.5) is 13.2 Å². The lowest BCUT2D eigenvalue weighted by Crippen LogP contribution is -2.30. The first-order valence-corrected chi connectivity index (χ1v) is 6.37. The quantitative estimate of drug-likeness (QED) is 0.788. The van der Waals surface area contributed by atoms with Crippen molar-refractivity contribution < 1.29 is 27.5 Å². The number of amides is 1. The average molecular weight is 301 g/mol. The minimum Gasteiger partial charge on any atom is -0.469 e. The summed E-state index contributed by atoms with van der Waals surface area (Å²) in [6.45, 7) is 0.617. The molecule has 1 atom stereocenters. The van der Waals surface area contributed by atoms with E-state index in [1.807, 2.05) is 0 Å². The number of benzene rings is 1. The van der Waals surface area contributed by atoms with E-state index in [2.05, 4.69) is 4.74 Å². The highest BCUT2D eigenvalue weighted by molar-refractivity contribution is 5.94. The number of likely N-dealkylation sites (tertiary alicyclic amines) is 1. The number of carbonyl (C=O) groups excluding carboxylic acids is 2. The van der Waals surface area contributed by atoms with Gasteiger partial charge in [-0.3, -0.25) is 9.59 Å². The van der Waals surface area contributed by atoms with Crippen LogP contribution < -0.4 is 0 Å². The molecule has 0 bridgehead atoms. The van der Waals surface area contributed by atoms with Crippen LogP contribution in [-0.2, 0) is 15.7 Å². The average Bonchev–Trinajstić information content (AvgIpc) is 2.94. The fourth-order valence-electron chi connectivity index (χ4n) is 2.29. The minimum absolute atomic E-state index is 0.175. The second kappa shape index (κ2) is 5.75. The van der Waals surface area contributed by atoms with Gasteiger partial charge in [0.1, 0.15) is 0 Å². The maximum Gasteiger partial charge on any atom is 0.416 e. The Hall–Kier alpha value is -2.05. The highest BCUT2D eigenvalue weighted by Crippen LogP contribution is 2.29. The van der Waals surface area contributed by atoms with Crippen LogP contribution in [0.25, 0.3) is 0 Å². The van der Waals surface area contributed by atoms with Gasteiger partial charge in [0.2, 0.25) is 0 Å². The smallest absolute Gasteiger partial charge is 0.416 e. The summed E-state index contributed by atoms with van der Waals surface area (Å²) < 4.78 is 42.0. The predicted molar refractivity (Wildman–Crippen MR) is 67.5 cm³/mol. The molecule has 1 heterocycles. The van der Waals surface area contributed by atoms with Crippen LogP contribution in [0.1, 0.15) is 22.3 Å². The molecule has 21 heavy (non-hydrogen) atoms. The Labute approximate surface area is 119 Å². The van der Waals surface area contributed by atoms with Crippen molar-refractivity contribution in [3.63, 3.8) is 0 Å². The monoisotopic (exact) mass is 301 g/mol. The molecular weight excluding hydrogens is 287 g/mol. The third kappa shape index (κ3) is 3.34. The Morgan fingerprint density at radius 2 is 1.86 bits per heavy atom. The summed E-state index contributed by atoms with van der Waals surface area (Å²) in [5, 5.41) is 0. The molecule has 0 saturated carbocycles. The van der Waals surface area contributed by atoms with Crippen molar-refractivity contribution in [3.8, 4) is 0 Å². The lowest BCUT2D eigenvalue weighted by molar-refractivity contribution is -0.144. The highest BCUT2D eigenvalue weighted by Gasteiger charge is 2.33. The number of carbonyl (C=O) groups is 2.